The molecular formula is C19H24N2O4S. The van der Waals surface area contributed by atoms with Gasteiger partial charge < -0.3 is 10.1 Å². The molecular weight excluding hydrogens is 352 g/mol. The fraction of sp³-hybridized carbons (Fsp3) is 0.316. The smallest absolute Gasteiger partial charge is 0.251 e. The first-order valence-corrected chi connectivity index (χ1v) is 10.2. The Hall–Kier alpha value is -2.54. The van der Waals surface area contributed by atoms with Gasteiger partial charge in [0.1, 0.15) is 5.75 Å². The van der Waals surface area contributed by atoms with Crippen molar-refractivity contribution in [2.24, 2.45) is 0 Å². The summed E-state index contributed by atoms with van der Waals surface area (Å²) in [5, 5.41) is 2.88. The summed E-state index contributed by atoms with van der Waals surface area (Å²) in [4.78, 5) is 12.4. The van der Waals surface area contributed by atoms with Gasteiger partial charge in [0.15, 0.2) is 0 Å². The summed E-state index contributed by atoms with van der Waals surface area (Å²) < 4.78 is 30.6. The van der Waals surface area contributed by atoms with Crippen LogP contribution in [0.5, 0.6) is 5.75 Å². The van der Waals surface area contributed by atoms with E-state index < -0.39 is 10.0 Å². The molecule has 2 N–H and O–H groups in total. The fourth-order valence-electron chi connectivity index (χ4n) is 2.68. The molecule has 0 saturated carbocycles. The Kier molecular flexibility index (Phi) is 6.63. The largest absolute Gasteiger partial charge is 0.496 e. The van der Waals surface area contributed by atoms with Gasteiger partial charge in [0.05, 0.1) is 19.1 Å². The molecule has 2 aromatic rings. The predicted octanol–water partition coefficient (Wildman–Crippen LogP) is 2.74. The van der Waals surface area contributed by atoms with Gasteiger partial charge in [0.25, 0.3) is 5.91 Å². The number of benzene rings is 2. The van der Waals surface area contributed by atoms with Crippen molar-refractivity contribution in [3.63, 3.8) is 0 Å². The summed E-state index contributed by atoms with van der Waals surface area (Å²) in [5.41, 5.74) is 2.56. The predicted molar refractivity (Wildman–Crippen MR) is 103 cm³/mol. The van der Waals surface area contributed by atoms with E-state index in [-0.39, 0.29) is 5.91 Å². The molecule has 0 bridgehead atoms. The Balaban J connectivity index is 1.95. The van der Waals surface area contributed by atoms with Crippen LogP contribution in [-0.2, 0) is 16.4 Å². The van der Waals surface area contributed by atoms with Crippen LogP contribution in [-0.4, -0.2) is 34.2 Å². The summed E-state index contributed by atoms with van der Waals surface area (Å²) in [6, 6.07) is 12.8. The number of para-hydroxylation sites is 1. The lowest BCUT2D eigenvalue weighted by Crippen LogP contribution is -2.26. The number of hydrogen-bond donors (Lipinski definition) is 2. The average Bonchev–Trinajstić information content (AvgIpc) is 2.59. The number of aryl methyl sites for hydroxylation is 1. The van der Waals surface area contributed by atoms with Gasteiger partial charge in [-0.2, -0.15) is 0 Å². The third-order valence-corrected chi connectivity index (χ3v) is 4.57. The second-order valence-corrected chi connectivity index (χ2v) is 7.77. The van der Waals surface area contributed by atoms with Crippen LogP contribution >= 0.6 is 0 Å². The number of hydrogen-bond acceptors (Lipinski definition) is 4. The van der Waals surface area contributed by atoms with Crippen molar-refractivity contribution in [3.05, 3.63) is 59.2 Å². The molecule has 26 heavy (non-hydrogen) atoms. The van der Waals surface area contributed by atoms with E-state index in [9.17, 15) is 13.2 Å². The van der Waals surface area contributed by atoms with Gasteiger partial charge in [0, 0.05) is 12.1 Å². The summed E-state index contributed by atoms with van der Waals surface area (Å²) in [6.07, 6.45) is 2.64. The highest BCUT2D eigenvalue weighted by atomic mass is 32.2. The molecule has 0 aliphatic carbocycles. The standard InChI is InChI=1S/C19H24N2O4S/c1-14-16(10-6-11-17(14)21-26(3,23)24)19(22)20-13-7-9-15-8-4-5-12-18(15)25-2/h4-6,8,10-12,21H,7,9,13H2,1-3H3,(H,20,22). The molecule has 7 heteroatoms. The summed E-state index contributed by atoms with van der Waals surface area (Å²) in [6.45, 7) is 2.23. The fourth-order valence-corrected chi connectivity index (χ4v) is 3.30. The molecule has 140 valence electrons. The van der Waals surface area contributed by atoms with E-state index in [0.717, 1.165) is 30.4 Å². The normalized spacial score (nSPS) is 11.0. The van der Waals surface area contributed by atoms with Crippen molar-refractivity contribution in [1.82, 2.24) is 5.32 Å². The highest BCUT2D eigenvalue weighted by Gasteiger charge is 2.13. The topological polar surface area (TPSA) is 84.5 Å². The van der Waals surface area contributed by atoms with Gasteiger partial charge >= 0.3 is 0 Å². The molecule has 0 atom stereocenters. The van der Waals surface area contributed by atoms with Crippen LogP contribution in [0.2, 0.25) is 0 Å². The van der Waals surface area contributed by atoms with E-state index in [1.807, 2.05) is 24.3 Å². The number of nitrogens with one attached hydrogen (secondary N) is 2. The Labute approximate surface area is 154 Å². The highest BCUT2D eigenvalue weighted by molar-refractivity contribution is 7.92. The van der Waals surface area contributed by atoms with Crippen LogP contribution in [0.15, 0.2) is 42.5 Å². The zero-order valence-corrected chi connectivity index (χ0v) is 16.0. The molecule has 0 fully saturated rings. The van der Waals surface area contributed by atoms with Gasteiger partial charge in [-0.05, 0) is 49.1 Å². The molecule has 6 nitrogen and oxygen atoms in total. The third kappa shape index (κ3) is 5.49. The lowest BCUT2D eigenvalue weighted by Gasteiger charge is -2.13. The Morgan fingerprint density at radius 1 is 1.12 bits per heavy atom. The van der Waals surface area contributed by atoms with Crippen molar-refractivity contribution < 1.29 is 17.9 Å². The summed E-state index contributed by atoms with van der Waals surface area (Å²) in [5.74, 6) is 0.619. The van der Waals surface area contributed by atoms with Crippen molar-refractivity contribution in [3.8, 4) is 5.75 Å². The molecule has 0 spiro atoms. The molecule has 0 saturated heterocycles. The van der Waals surface area contributed by atoms with Crippen LogP contribution < -0.4 is 14.8 Å². The molecule has 2 rings (SSSR count). The minimum absolute atomic E-state index is 0.223. The number of amides is 1. The van der Waals surface area contributed by atoms with Gasteiger partial charge in [0.2, 0.25) is 10.0 Å². The van der Waals surface area contributed by atoms with E-state index >= 15 is 0 Å². The second kappa shape index (κ2) is 8.71. The lowest BCUT2D eigenvalue weighted by molar-refractivity contribution is 0.0952. The van der Waals surface area contributed by atoms with Crippen LogP contribution in [0.3, 0.4) is 0 Å². The minimum Gasteiger partial charge on any atom is -0.496 e. The number of anilines is 1. The van der Waals surface area contributed by atoms with E-state index in [1.165, 1.54) is 0 Å². The summed E-state index contributed by atoms with van der Waals surface area (Å²) >= 11 is 0. The van der Waals surface area contributed by atoms with E-state index in [4.69, 9.17) is 4.74 Å². The monoisotopic (exact) mass is 376 g/mol. The summed E-state index contributed by atoms with van der Waals surface area (Å²) in [7, 11) is -1.75. The minimum atomic E-state index is -3.39. The molecule has 0 radical (unpaired) electrons. The Morgan fingerprint density at radius 3 is 2.54 bits per heavy atom. The molecule has 1 amide bonds. The molecule has 2 aromatic carbocycles. The Bertz CT molecular complexity index is 879. The maximum absolute atomic E-state index is 12.4. The maximum Gasteiger partial charge on any atom is 0.251 e. The number of rotatable bonds is 8. The molecule has 0 heterocycles. The van der Waals surface area contributed by atoms with Gasteiger partial charge in [-0.3, -0.25) is 9.52 Å². The number of carbonyl (C=O) groups excluding carboxylic acids is 1. The first kappa shape index (κ1) is 19.8. The van der Waals surface area contributed by atoms with Gasteiger partial charge in [-0.25, -0.2) is 8.42 Å². The number of carbonyl (C=O) groups is 1. The van der Waals surface area contributed by atoms with Gasteiger partial charge in [-0.15, -0.1) is 0 Å². The highest BCUT2D eigenvalue weighted by Crippen LogP contribution is 2.20. The zero-order chi connectivity index (χ0) is 19.2. The van der Waals surface area contributed by atoms with Gasteiger partial charge in [-0.1, -0.05) is 24.3 Å². The van der Waals surface area contributed by atoms with E-state index in [1.54, 1.807) is 32.2 Å². The van der Waals surface area contributed by atoms with Crippen molar-refractivity contribution in [2.45, 2.75) is 19.8 Å². The molecule has 0 aliphatic heterocycles. The molecule has 0 aromatic heterocycles. The quantitative estimate of drug-likeness (QED) is 0.694. The van der Waals surface area contributed by atoms with Crippen LogP contribution in [0.1, 0.15) is 27.9 Å². The molecule has 0 aliphatic rings. The average molecular weight is 376 g/mol. The van der Waals surface area contributed by atoms with E-state index in [0.29, 0.717) is 23.4 Å². The van der Waals surface area contributed by atoms with Crippen LogP contribution in [0.4, 0.5) is 5.69 Å². The zero-order valence-electron chi connectivity index (χ0n) is 15.2. The maximum atomic E-state index is 12.4. The first-order valence-electron chi connectivity index (χ1n) is 8.29. The number of methoxy groups -OCH3 is 1. The third-order valence-electron chi connectivity index (χ3n) is 3.97. The van der Waals surface area contributed by atoms with Crippen molar-refractivity contribution in [2.75, 3.05) is 24.6 Å². The number of sulfonamides is 1. The lowest BCUT2D eigenvalue weighted by atomic mass is 10.1. The number of ether oxygens (including phenoxy) is 1. The van der Waals surface area contributed by atoms with Crippen molar-refractivity contribution in [1.29, 1.82) is 0 Å². The first-order chi connectivity index (χ1) is 12.3. The molecule has 0 unspecified atom stereocenters. The Morgan fingerprint density at radius 2 is 1.85 bits per heavy atom. The van der Waals surface area contributed by atoms with Crippen LogP contribution in [0, 0.1) is 6.92 Å². The van der Waals surface area contributed by atoms with E-state index in [2.05, 4.69) is 10.0 Å². The van der Waals surface area contributed by atoms with Crippen molar-refractivity contribution >= 4 is 21.6 Å². The van der Waals surface area contributed by atoms with Crippen LogP contribution in [0.25, 0.3) is 0 Å². The SMILES string of the molecule is COc1ccccc1CCCNC(=O)c1cccc(NS(C)(=O)=O)c1C. The second-order valence-electron chi connectivity index (χ2n) is 6.02.